The van der Waals surface area contributed by atoms with Crippen LogP contribution in [0.5, 0.6) is 5.75 Å². The first-order chi connectivity index (χ1) is 15.6. The molecule has 1 atom stereocenters. The minimum Gasteiger partial charge on any atom is -0.496 e. The van der Waals surface area contributed by atoms with Gasteiger partial charge in [0.05, 0.1) is 36.9 Å². The highest BCUT2D eigenvalue weighted by molar-refractivity contribution is 7.92. The first-order valence-corrected chi connectivity index (χ1v) is 12.7. The van der Waals surface area contributed by atoms with Crippen LogP contribution in [-0.4, -0.2) is 57.5 Å². The molecule has 0 amide bonds. The van der Waals surface area contributed by atoms with Crippen LogP contribution < -0.4 is 13.9 Å². The van der Waals surface area contributed by atoms with Crippen LogP contribution in [0.4, 0.5) is 11.4 Å². The third-order valence-electron chi connectivity index (χ3n) is 5.81. The molecule has 0 spiro atoms. The number of pyridine rings is 1. The summed E-state index contributed by atoms with van der Waals surface area (Å²) in [4.78, 5) is 18.9. The van der Waals surface area contributed by atoms with Crippen LogP contribution in [0.3, 0.4) is 0 Å². The summed E-state index contributed by atoms with van der Waals surface area (Å²) in [6.45, 7) is 8.98. The number of rotatable bonds is 6. The largest absolute Gasteiger partial charge is 0.496 e. The predicted octanol–water partition coefficient (Wildman–Crippen LogP) is 3.66. The maximum Gasteiger partial charge on any atom is 0.337 e. The van der Waals surface area contributed by atoms with Crippen molar-refractivity contribution in [2.45, 2.75) is 52.9 Å². The topological polar surface area (TPSA) is 109 Å². The van der Waals surface area contributed by atoms with Gasteiger partial charge in [-0.3, -0.25) is 9.29 Å². The van der Waals surface area contributed by atoms with E-state index in [0.29, 0.717) is 50.6 Å². The van der Waals surface area contributed by atoms with Crippen molar-refractivity contribution in [3.63, 3.8) is 0 Å². The standard InChI is InChI=1S/C24H33N3O6S/c1-13-17-19-15(16(32-8)10-11-25-19)12-27(34(9,30)31)21(17)14(2)18(20(13)26(6)7)22(23(28)29)33-24(3,4)5/h10-11,22H,12H2,1-9H3,(H,28,29). The first-order valence-electron chi connectivity index (χ1n) is 10.8. The number of hydrogen-bond donors (Lipinski definition) is 1. The highest BCUT2D eigenvalue weighted by Crippen LogP contribution is 2.51. The number of fused-ring (bicyclic) bond motifs is 3. The van der Waals surface area contributed by atoms with Gasteiger partial charge in [0.25, 0.3) is 0 Å². The van der Waals surface area contributed by atoms with E-state index in [-0.39, 0.29) is 6.54 Å². The van der Waals surface area contributed by atoms with Gasteiger partial charge in [-0.1, -0.05) is 0 Å². The molecular weight excluding hydrogens is 458 g/mol. The summed E-state index contributed by atoms with van der Waals surface area (Å²) in [5, 5.41) is 10.2. The molecule has 1 aromatic carbocycles. The highest BCUT2D eigenvalue weighted by atomic mass is 32.2. The molecule has 1 aliphatic heterocycles. The van der Waals surface area contributed by atoms with Crippen molar-refractivity contribution in [1.82, 2.24) is 4.98 Å². The molecule has 2 aromatic rings. The fraction of sp³-hybridized carbons (Fsp3) is 0.500. The van der Waals surface area contributed by atoms with Gasteiger partial charge in [0.2, 0.25) is 10.0 Å². The van der Waals surface area contributed by atoms with Crippen molar-refractivity contribution in [2.24, 2.45) is 0 Å². The smallest absolute Gasteiger partial charge is 0.337 e. The summed E-state index contributed by atoms with van der Waals surface area (Å²) in [5.41, 5.74) is 3.87. The van der Waals surface area contributed by atoms with E-state index in [0.717, 1.165) is 6.26 Å². The van der Waals surface area contributed by atoms with Crippen LogP contribution in [0.25, 0.3) is 11.3 Å². The number of carbonyl (C=O) groups is 1. The van der Waals surface area contributed by atoms with Crippen molar-refractivity contribution >= 4 is 27.4 Å². The Labute approximate surface area is 201 Å². The summed E-state index contributed by atoms with van der Waals surface area (Å²) in [6.07, 6.45) is 1.46. The number of carboxylic acid groups (broad SMARTS) is 1. The molecule has 1 aromatic heterocycles. The predicted molar refractivity (Wildman–Crippen MR) is 132 cm³/mol. The average Bonchev–Trinajstić information content (AvgIpc) is 2.70. The maximum atomic E-state index is 13.0. The summed E-state index contributed by atoms with van der Waals surface area (Å²) >= 11 is 0. The van der Waals surface area contributed by atoms with Gasteiger partial charge in [0.1, 0.15) is 5.75 Å². The molecule has 186 valence electrons. The molecule has 0 aliphatic carbocycles. The molecule has 0 radical (unpaired) electrons. The van der Waals surface area contributed by atoms with Gasteiger partial charge in [-0.25, -0.2) is 13.2 Å². The molecule has 0 saturated heterocycles. The van der Waals surface area contributed by atoms with Gasteiger partial charge >= 0.3 is 5.97 Å². The Balaban J connectivity index is 2.54. The fourth-order valence-corrected chi connectivity index (χ4v) is 5.54. The molecule has 0 bridgehead atoms. The zero-order chi connectivity index (χ0) is 25.7. The average molecular weight is 492 g/mol. The number of anilines is 2. The van der Waals surface area contributed by atoms with Crippen LogP contribution in [-0.2, 0) is 26.1 Å². The van der Waals surface area contributed by atoms with Crippen LogP contribution in [0.15, 0.2) is 12.3 Å². The van der Waals surface area contributed by atoms with Gasteiger partial charge in [-0.2, -0.15) is 0 Å². The zero-order valence-corrected chi connectivity index (χ0v) is 22.0. The Morgan fingerprint density at radius 2 is 1.85 bits per heavy atom. The van der Waals surface area contributed by atoms with E-state index in [1.165, 1.54) is 11.4 Å². The molecule has 34 heavy (non-hydrogen) atoms. The molecule has 9 nitrogen and oxygen atoms in total. The van der Waals surface area contributed by atoms with Gasteiger partial charge in [0, 0.05) is 42.7 Å². The van der Waals surface area contributed by atoms with E-state index in [2.05, 4.69) is 4.98 Å². The number of benzene rings is 1. The zero-order valence-electron chi connectivity index (χ0n) is 21.2. The number of aromatic nitrogens is 1. The maximum absolute atomic E-state index is 13.0. The van der Waals surface area contributed by atoms with Gasteiger partial charge in [0.15, 0.2) is 6.10 Å². The Morgan fingerprint density at radius 3 is 2.32 bits per heavy atom. The molecule has 1 N–H and O–H groups in total. The number of carboxylic acids is 1. The molecule has 2 heterocycles. The van der Waals surface area contributed by atoms with Crippen molar-refractivity contribution in [2.75, 3.05) is 36.7 Å². The summed E-state index contributed by atoms with van der Waals surface area (Å²) in [5.74, 6) is -0.612. The van der Waals surface area contributed by atoms with Crippen molar-refractivity contribution in [1.29, 1.82) is 0 Å². The SMILES string of the molecule is COc1ccnc2c1CN(S(C)(=O)=O)c1c(C)c(C(OC(C)(C)C)C(=O)O)c(N(C)C)c(C)c1-2. The number of ether oxygens (including phenoxy) is 2. The summed E-state index contributed by atoms with van der Waals surface area (Å²) < 4.78 is 38.8. The lowest BCUT2D eigenvalue weighted by molar-refractivity contribution is -0.160. The van der Waals surface area contributed by atoms with Crippen LogP contribution in [0.1, 0.15) is 49.1 Å². The quantitative estimate of drug-likeness (QED) is 0.652. The Bertz CT molecular complexity index is 1250. The number of nitrogens with zero attached hydrogens (tertiary/aromatic N) is 3. The third-order valence-corrected chi connectivity index (χ3v) is 6.92. The van der Waals surface area contributed by atoms with Crippen LogP contribution in [0.2, 0.25) is 0 Å². The van der Waals surface area contributed by atoms with E-state index in [1.54, 1.807) is 40.0 Å². The lowest BCUT2D eigenvalue weighted by atomic mass is 9.86. The summed E-state index contributed by atoms with van der Waals surface area (Å²) in [7, 11) is 1.45. The van der Waals surface area contributed by atoms with E-state index in [4.69, 9.17) is 9.47 Å². The monoisotopic (exact) mass is 491 g/mol. The molecule has 0 saturated carbocycles. The van der Waals surface area contributed by atoms with Crippen LogP contribution in [0, 0.1) is 13.8 Å². The molecular formula is C24H33N3O6S. The fourth-order valence-electron chi connectivity index (χ4n) is 4.62. The number of sulfonamides is 1. The second-order valence-corrected chi connectivity index (χ2v) is 11.6. The Hall–Kier alpha value is -2.85. The number of aliphatic carboxylic acids is 1. The molecule has 1 unspecified atom stereocenters. The van der Waals surface area contributed by atoms with E-state index in [9.17, 15) is 18.3 Å². The lowest BCUT2D eigenvalue weighted by Gasteiger charge is -2.38. The van der Waals surface area contributed by atoms with E-state index >= 15 is 0 Å². The van der Waals surface area contributed by atoms with Crippen molar-refractivity contribution in [3.8, 4) is 17.0 Å². The van der Waals surface area contributed by atoms with Gasteiger partial charge < -0.3 is 19.5 Å². The van der Waals surface area contributed by atoms with Crippen molar-refractivity contribution in [3.05, 3.63) is 34.5 Å². The molecule has 1 aliphatic rings. The normalized spacial score (nSPS) is 14.3. The van der Waals surface area contributed by atoms with Gasteiger partial charge in [-0.15, -0.1) is 0 Å². The van der Waals surface area contributed by atoms with Crippen molar-refractivity contribution < 1.29 is 27.8 Å². The molecule has 3 rings (SSSR count). The minimum absolute atomic E-state index is 0.0249. The van der Waals surface area contributed by atoms with Gasteiger partial charge in [-0.05, 0) is 51.8 Å². The second-order valence-electron chi connectivity index (χ2n) is 9.69. The molecule has 10 heteroatoms. The second kappa shape index (κ2) is 8.74. The van der Waals surface area contributed by atoms with E-state index < -0.39 is 27.7 Å². The first kappa shape index (κ1) is 25.8. The third kappa shape index (κ3) is 4.44. The Kier molecular flexibility index (Phi) is 6.62. The highest BCUT2D eigenvalue weighted by Gasteiger charge is 2.39. The van der Waals surface area contributed by atoms with Crippen LogP contribution >= 0.6 is 0 Å². The van der Waals surface area contributed by atoms with E-state index in [1.807, 2.05) is 25.9 Å². The number of methoxy groups -OCH3 is 1. The lowest BCUT2D eigenvalue weighted by Crippen LogP contribution is -2.35. The number of hydrogen-bond acceptors (Lipinski definition) is 7. The summed E-state index contributed by atoms with van der Waals surface area (Å²) in [6, 6.07) is 1.70. The minimum atomic E-state index is -3.73. The Morgan fingerprint density at radius 1 is 1.24 bits per heavy atom. The molecule has 0 fully saturated rings.